The third kappa shape index (κ3) is 23.5. The molecule has 0 amide bonds. The second-order valence-electron chi connectivity index (χ2n) is 6.38. The average molecular weight is 375 g/mol. The molecule has 6 heteroatoms. The van der Waals surface area contributed by atoms with Crippen LogP contribution in [0.1, 0.15) is 96.8 Å². The van der Waals surface area contributed by atoms with Crippen LogP contribution in [-0.2, 0) is 10.1 Å². The van der Waals surface area contributed by atoms with Crippen LogP contribution in [0, 0.1) is 0 Å². The van der Waals surface area contributed by atoms with E-state index in [1.165, 1.54) is 32.1 Å². The van der Waals surface area contributed by atoms with Gasteiger partial charge in [0, 0.05) is 5.75 Å². The molecule has 0 aliphatic carbocycles. The van der Waals surface area contributed by atoms with Crippen LogP contribution in [0.5, 0.6) is 0 Å². The predicted octanol–water partition coefficient (Wildman–Crippen LogP) is 1.38. The predicted molar refractivity (Wildman–Crippen MR) is 90.9 cm³/mol. The standard InChI is InChI=1S/C17H36O4S.K/c1-2-3-4-5-8-11-14-17(18)15-12-9-6-7-10-13-16-22(19,20)21;/h17-18H,2-16H2,1H3,(H,19,20,21);/q;+1/p-1. The summed E-state index contributed by atoms with van der Waals surface area (Å²) in [6.07, 6.45) is 14.7. The summed E-state index contributed by atoms with van der Waals surface area (Å²) in [6, 6.07) is 0. The Hall–Kier alpha value is 1.51. The van der Waals surface area contributed by atoms with Crippen molar-refractivity contribution in [3.63, 3.8) is 0 Å². The summed E-state index contributed by atoms with van der Waals surface area (Å²) >= 11 is 0. The minimum absolute atomic E-state index is 0. The van der Waals surface area contributed by atoms with Gasteiger partial charge in [-0.15, -0.1) is 0 Å². The molecule has 1 N–H and O–H groups in total. The molecular formula is C17H35KO4S. The third-order valence-electron chi connectivity index (χ3n) is 4.07. The molecule has 0 rings (SSSR count). The van der Waals surface area contributed by atoms with Gasteiger partial charge in [-0.2, -0.15) is 0 Å². The smallest absolute Gasteiger partial charge is 0.748 e. The summed E-state index contributed by atoms with van der Waals surface area (Å²) in [5.41, 5.74) is 0. The van der Waals surface area contributed by atoms with Crippen molar-refractivity contribution in [1.29, 1.82) is 0 Å². The van der Waals surface area contributed by atoms with Gasteiger partial charge in [0.2, 0.25) is 0 Å². The molecule has 0 aromatic rings. The first-order valence-electron chi connectivity index (χ1n) is 9.07. The third-order valence-corrected chi connectivity index (χ3v) is 4.86. The molecule has 1 unspecified atom stereocenters. The minimum Gasteiger partial charge on any atom is -0.748 e. The first-order chi connectivity index (χ1) is 10.5. The van der Waals surface area contributed by atoms with Crippen molar-refractivity contribution in [2.75, 3.05) is 5.75 Å². The van der Waals surface area contributed by atoms with E-state index in [0.717, 1.165) is 51.4 Å². The van der Waals surface area contributed by atoms with Crippen molar-refractivity contribution in [2.45, 2.75) is 103 Å². The maximum Gasteiger partial charge on any atom is 1.00 e. The van der Waals surface area contributed by atoms with Gasteiger partial charge in [0.15, 0.2) is 0 Å². The average Bonchev–Trinajstić information content (AvgIpc) is 2.44. The van der Waals surface area contributed by atoms with E-state index in [1.54, 1.807) is 0 Å². The summed E-state index contributed by atoms with van der Waals surface area (Å²) in [4.78, 5) is 0. The maximum atomic E-state index is 10.4. The van der Waals surface area contributed by atoms with Gasteiger partial charge < -0.3 is 9.66 Å². The first kappa shape index (κ1) is 26.7. The Kier molecular flexibility index (Phi) is 21.3. The van der Waals surface area contributed by atoms with Crippen molar-refractivity contribution in [3.05, 3.63) is 0 Å². The van der Waals surface area contributed by atoms with Gasteiger partial charge >= 0.3 is 51.4 Å². The Bertz CT molecular complexity index is 333. The molecule has 0 saturated heterocycles. The fraction of sp³-hybridized carbons (Fsp3) is 1.00. The van der Waals surface area contributed by atoms with Crippen LogP contribution in [-0.4, -0.2) is 29.9 Å². The van der Waals surface area contributed by atoms with E-state index in [-0.39, 0.29) is 63.2 Å². The molecule has 23 heavy (non-hydrogen) atoms. The van der Waals surface area contributed by atoms with Crippen molar-refractivity contribution >= 4 is 10.1 Å². The van der Waals surface area contributed by atoms with Crippen LogP contribution in [0.15, 0.2) is 0 Å². The molecule has 0 aliphatic rings. The number of rotatable bonds is 16. The Labute approximate surface area is 186 Å². The van der Waals surface area contributed by atoms with E-state index in [0.29, 0.717) is 6.42 Å². The van der Waals surface area contributed by atoms with Crippen molar-refractivity contribution < 1.29 is 69.5 Å². The zero-order valence-electron chi connectivity index (χ0n) is 15.3. The van der Waals surface area contributed by atoms with E-state index in [9.17, 15) is 18.1 Å². The van der Waals surface area contributed by atoms with Gasteiger partial charge in [-0.05, 0) is 19.3 Å². The Morgan fingerprint density at radius 3 is 1.61 bits per heavy atom. The summed E-state index contributed by atoms with van der Waals surface area (Å²) < 4.78 is 31.3. The molecule has 0 fully saturated rings. The molecule has 0 saturated carbocycles. The van der Waals surface area contributed by atoms with Crippen LogP contribution in [0.3, 0.4) is 0 Å². The van der Waals surface area contributed by atoms with Gasteiger partial charge in [-0.1, -0.05) is 77.6 Å². The van der Waals surface area contributed by atoms with Gasteiger partial charge in [0.1, 0.15) is 0 Å². The number of hydrogen-bond acceptors (Lipinski definition) is 4. The van der Waals surface area contributed by atoms with Gasteiger partial charge in [-0.3, -0.25) is 0 Å². The molecule has 0 radical (unpaired) electrons. The van der Waals surface area contributed by atoms with E-state index in [2.05, 4.69) is 6.92 Å². The summed E-state index contributed by atoms with van der Waals surface area (Å²) in [5.74, 6) is -0.232. The second kappa shape index (κ2) is 18.3. The number of aliphatic hydroxyl groups is 1. The van der Waals surface area contributed by atoms with Crippen LogP contribution < -0.4 is 51.4 Å². The van der Waals surface area contributed by atoms with Crippen LogP contribution in [0.4, 0.5) is 0 Å². The fourth-order valence-electron chi connectivity index (χ4n) is 2.67. The quantitative estimate of drug-likeness (QED) is 0.251. The second-order valence-corrected chi connectivity index (χ2v) is 7.91. The molecule has 0 spiro atoms. The Balaban J connectivity index is 0. The van der Waals surface area contributed by atoms with E-state index in [4.69, 9.17) is 0 Å². The largest absolute Gasteiger partial charge is 1.00 e. The van der Waals surface area contributed by atoms with Crippen LogP contribution >= 0.6 is 0 Å². The molecule has 0 aliphatic heterocycles. The topological polar surface area (TPSA) is 77.4 Å². The molecule has 0 heterocycles. The summed E-state index contributed by atoms with van der Waals surface area (Å²) in [6.45, 7) is 2.22. The van der Waals surface area contributed by atoms with E-state index >= 15 is 0 Å². The maximum absolute atomic E-state index is 10.4. The van der Waals surface area contributed by atoms with E-state index in [1.807, 2.05) is 0 Å². The number of hydrogen-bond donors (Lipinski definition) is 1. The van der Waals surface area contributed by atoms with Crippen LogP contribution in [0.25, 0.3) is 0 Å². The number of aliphatic hydroxyl groups excluding tert-OH is 1. The normalized spacial score (nSPS) is 12.8. The van der Waals surface area contributed by atoms with Gasteiger partial charge in [0.05, 0.1) is 16.2 Å². The Morgan fingerprint density at radius 2 is 1.17 bits per heavy atom. The number of unbranched alkanes of at least 4 members (excludes halogenated alkanes) is 10. The van der Waals surface area contributed by atoms with Crippen molar-refractivity contribution in [1.82, 2.24) is 0 Å². The Morgan fingerprint density at radius 1 is 0.783 bits per heavy atom. The summed E-state index contributed by atoms with van der Waals surface area (Å²) in [5, 5.41) is 9.88. The fourth-order valence-corrected chi connectivity index (χ4v) is 3.23. The van der Waals surface area contributed by atoms with Crippen LogP contribution in [0.2, 0.25) is 0 Å². The summed E-state index contributed by atoms with van der Waals surface area (Å²) in [7, 11) is -4.03. The molecular weight excluding hydrogens is 339 g/mol. The van der Waals surface area contributed by atoms with Crippen molar-refractivity contribution in [3.8, 4) is 0 Å². The molecule has 0 aromatic heterocycles. The first-order valence-corrected chi connectivity index (χ1v) is 10.6. The molecule has 0 aromatic carbocycles. The zero-order valence-corrected chi connectivity index (χ0v) is 19.2. The molecule has 4 nitrogen and oxygen atoms in total. The monoisotopic (exact) mass is 374 g/mol. The SMILES string of the molecule is CCCCCCCCC(O)CCCCCCCCS(=O)(=O)[O-].[K+]. The molecule has 0 bridgehead atoms. The molecule has 1 atom stereocenters. The zero-order chi connectivity index (χ0) is 16.7. The minimum atomic E-state index is -4.03. The van der Waals surface area contributed by atoms with Gasteiger partial charge in [0.25, 0.3) is 0 Å². The molecule has 134 valence electrons. The van der Waals surface area contributed by atoms with E-state index < -0.39 is 10.1 Å². The van der Waals surface area contributed by atoms with Gasteiger partial charge in [-0.25, -0.2) is 8.42 Å². The van der Waals surface area contributed by atoms with Crippen molar-refractivity contribution in [2.24, 2.45) is 0 Å².